The zero-order chi connectivity index (χ0) is 17.3. The molecule has 1 aromatic rings. The van der Waals surface area contributed by atoms with Crippen LogP contribution < -0.4 is 0 Å². The van der Waals surface area contributed by atoms with Gasteiger partial charge in [0.25, 0.3) is 0 Å². The van der Waals surface area contributed by atoms with Gasteiger partial charge in [0.1, 0.15) is 0 Å². The van der Waals surface area contributed by atoms with Crippen molar-refractivity contribution in [1.29, 1.82) is 0 Å². The predicted molar refractivity (Wildman–Crippen MR) is 79.5 cm³/mol. The van der Waals surface area contributed by atoms with E-state index in [0.29, 0.717) is 12.0 Å². The molecule has 0 aromatic heterocycles. The van der Waals surface area contributed by atoms with Crippen molar-refractivity contribution in [3.8, 4) is 0 Å². The third-order valence-electron chi connectivity index (χ3n) is 3.90. The monoisotopic (exact) mass is 349 g/mol. The van der Waals surface area contributed by atoms with Gasteiger partial charge in [-0.1, -0.05) is 19.1 Å². The lowest BCUT2D eigenvalue weighted by Crippen LogP contribution is -2.46. The molecule has 1 saturated heterocycles. The van der Waals surface area contributed by atoms with Gasteiger partial charge in [0.05, 0.1) is 17.1 Å². The molecule has 0 bridgehead atoms. The van der Waals surface area contributed by atoms with Crippen molar-refractivity contribution in [2.75, 3.05) is 24.6 Å². The number of benzene rings is 1. The molecule has 1 heterocycles. The maximum absolute atomic E-state index is 12.5. The summed E-state index contributed by atoms with van der Waals surface area (Å²) in [7, 11) is -3.05. The summed E-state index contributed by atoms with van der Waals surface area (Å²) in [5, 5.41) is 0. The highest BCUT2D eigenvalue weighted by molar-refractivity contribution is 7.91. The number of amides is 1. The van der Waals surface area contributed by atoms with E-state index in [1.807, 2.05) is 0 Å². The van der Waals surface area contributed by atoms with Gasteiger partial charge in [-0.2, -0.15) is 13.2 Å². The minimum atomic E-state index is -4.38. The lowest BCUT2D eigenvalue weighted by atomic mass is 9.98. The van der Waals surface area contributed by atoms with Gasteiger partial charge < -0.3 is 4.90 Å². The molecular formula is C15H18F3NO3S. The molecule has 0 saturated carbocycles. The Balaban J connectivity index is 1.96. The van der Waals surface area contributed by atoms with Gasteiger partial charge in [0.2, 0.25) is 5.91 Å². The van der Waals surface area contributed by atoms with Crippen LogP contribution in [0.15, 0.2) is 24.3 Å². The van der Waals surface area contributed by atoms with E-state index < -0.39 is 27.5 Å². The van der Waals surface area contributed by atoms with Crippen LogP contribution >= 0.6 is 0 Å². The highest BCUT2D eigenvalue weighted by Gasteiger charge is 2.30. The van der Waals surface area contributed by atoms with Gasteiger partial charge in [-0.25, -0.2) is 8.42 Å². The molecule has 128 valence electrons. The normalized spacial score (nSPS) is 19.4. The molecular weight excluding hydrogens is 331 g/mol. The summed E-state index contributed by atoms with van der Waals surface area (Å²) in [5.41, 5.74) is -0.0788. The molecule has 0 spiro atoms. The number of hydrogen-bond donors (Lipinski definition) is 0. The van der Waals surface area contributed by atoms with Crippen molar-refractivity contribution in [1.82, 2.24) is 4.90 Å². The third-order valence-corrected chi connectivity index (χ3v) is 5.51. The maximum atomic E-state index is 12.5. The fourth-order valence-corrected chi connectivity index (χ4v) is 3.72. The molecule has 23 heavy (non-hydrogen) atoms. The van der Waals surface area contributed by atoms with Gasteiger partial charge in [0, 0.05) is 19.0 Å². The largest absolute Gasteiger partial charge is 0.416 e. The first-order chi connectivity index (χ1) is 10.6. The predicted octanol–water partition coefficient (Wildman–Crippen LogP) is 2.14. The van der Waals surface area contributed by atoms with E-state index >= 15 is 0 Å². The zero-order valence-corrected chi connectivity index (χ0v) is 13.5. The highest BCUT2D eigenvalue weighted by atomic mass is 32.2. The van der Waals surface area contributed by atoms with Crippen LogP contribution in [0.2, 0.25) is 0 Å². The summed E-state index contributed by atoms with van der Waals surface area (Å²) in [6.07, 6.45) is -4.06. The van der Waals surface area contributed by atoms with E-state index in [1.54, 1.807) is 6.92 Å². The second-order valence-electron chi connectivity index (χ2n) is 5.78. The molecule has 2 rings (SSSR count). The SMILES string of the molecule is C[C@H](Cc1ccc(C(F)(F)F)cc1)C(=O)N1CCS(=O)(=O)CC1. The highest BCUT2D eigenvalue weighted by Crippen LogP contribution is 2.29. The Morgan fingerprint density at radius 1 is 1.17 bits per heavy atom. The smallest absolute Gasteiger partial charge is 0.340 e. The number of halogens is 3. The number of carbonyl (C=O) groups excluding carboxylic acids is 1. The minimum absolute atomic E-state index is 0.0360. The van der Waals surface area contributed by atoms with Crippen molar-refractivity contribution >= 4 is 15.7 Å². The topological polar surface area (TPSA) is 54.5 Å². The number of alkyl halides is 3. The molecule has 1 fully saturated rings. The van der Waals surface area contributed by atoms with Gasteiger partial charge in [-0.3, -0.25) is 4.79 Å². The zero-order valence-electron chi connectivity index (χ0n) is 12.6. The number of nitrogens with zero attached hydrogens (tertiary/aromatic N) is 1. The Bertz CT molecular complexity index is 654. The molecule has 1 aliphatic heterocycles. The Hall–Kier alpha value is -1.57. The van der Waals surface area contributed by atoms with Crippen LogP contribution in [0.3, 0.4) is 0 Å². The van der Waals surface area contributed by atoms with Gasteiger partial charge in [0.15, 0.2) is 9.84 Å². The van der Waals surface area contributed by atoms with E-state index in [0.717, 1.165) is 12.1 Å². The standard InChI is InChI=1S/C15H18F3NO3S/c1-11(14(20)19-6-8-23(21,22)9-7-19)10-12-2-4-13(5-3-12)15(16,17)18/h2-5,11H,6-10H2,1H3/t11-/m1/s1. The van der Waals surface area contributed by atoms with Crippen LogP contribution in [0, 0.1) is 5.92 Å². The van der Waals surface area contributed by atoms with Gasteiger partial charge in [-0.15, -0.1) is 0 Å². The summed E-state index contributed by atoms with van der Waals surface area (Å²) in [4.78, 5) is 13.8. The number of rotatable bonds is 3. The number of sulfone groups is 1. The Morgan fingerprint density at radius 2 is 1.70 bits per heavy atom. The van der Waals surface area contributed by atoms with Crippen LogP contribution in [0.25, 0.3) is 0 Å². The van der Waals surface area contributed by atoms with Gasteiger partial charge in [-0.05, 0) is 24.1 Å². The quantitative estimate of drug-likeness (QED) is 0.840. The summed E-state index contributed by atoms with van der Waals surface area (Å²) >= 11 is 0. The fourth-order valence-electron chi connectivity index (χ4n) is 2.52. The average Bonchev–Trinajstić information content (AvgIpc) is 2.46. The van der Waals surface area contributed by atoms with E-state index in [-0.39, 0.29) is 30.5 Å². The molecule has 1 atom stereocenters. The summed E-state index contributed by atoms with van der Waals surface area (Å²) in [6.45, 7) is 2.06. The lowest BCUT2D eigenvalue weighted by molar-refractivity contribution is -0.137. The second-order valence-corrected chi connectivity index (χ2v) is 8.08. The lowest BCUT2D eigenvalue weighted by Gasteiger charge is -2.29. The van der Waals surface area contributed by atoms with Crippen LogP contribution in [-0.2, 0) is 27.2 Å². The van der Waals surface area contributed by atoms with Crippen LogP contribution in [0.5, 0.6) is 0 Å². The van der Waals surface area contributed by atoms with Crippen LogP contribution in [0.4, 0.5) is 13.2 Å². The number of hydrogen-bond acceptors (Lipinski definition) is 3. The molecule has 1 aliphatic rings. The molecule has 4 nitrogen and oxygen atoms in total. The fraction of sp³-hybridized carbons (Fsp3) is 0.533. The number of carbonyl (C=O) groups is 1. The van der Waals surface area contributed by atoms with Crippen molar-refractivity contribution in [2.24, 2.45) is 5.92 Å². The maximum Gasteiger partial charge on any atom is 0.416 e. The van der Waals surface area contributed by atoms with E-state index in [2.05, 4.69) is 0 Å². The van der Waals surface area contributed by atoms with Crippen LogP contribution in [-0.4, -0.2) is 43.8 Å². The second kappa shape index (κ2) is 6.51. The molecule has 8 heteroatoms. The molecule has 0 radical (unpaired) electrons. The van der Waals surface area contributed by atoms with E-state index in [9.17, 15) is 26.4 Å². The minimum Gasteiger partial charge on any atom is -0.340 e. The average molecular weight is 349 g/mol. The first-order valence-electron chi connectivity index (χ1n) is 7.24. The Morgan fingerprint density at radius 3 is 2.17 bits per heavy atom. The molecule has 0 aliphatic carbocycles. The van der Waals surface area contributed by atoms with Gasteiger partial charge >= 0.3 is 6.18 Å². The van der Waals surface area contributed by atoms with Crippen molar-refractivity contribution in [3.05, 3.63) is 35.4 Å². The summed E-state index contributed by atoms with van der Waals surface area (Å²) in [5.74, 6) is -0.648. The summed E-state index contributed by atoms with van der Waals surface area (Å²) < 4.78 is 60.2. The molecule has 0 unspecified atom stereocenters. The molecule has 1 aromatic carbocycles. The molecule has 0 N–H and O–H groups in total. The Labute approximate surface area is 133 Å². The van der Waals surface area contributed by atoms with Crippen molar-refractivity contribution in [2.45, 2.75) is 19.5 Å². The first-order valence-corrected chi connectivity index (χ1v) is 9.06. The van der Waals surface area contributed by atoms with Crippen molar-refractivity contribution < 1.29 is 26.4 Å². The first kappa shape index (κ1) is 17.8. The van der Waals surface area contributed by atoms with Crippen LogP contribution in [0.1, 0.15) is 18.1 Å². The van der Waals surface area contributed by atoms with E-state index in [4.69, 9.17) is 0 Å². The summed E-state index contributed by atoms with van der Waals surface area (Å²) in [6, 6.07) is 4.74. The van der Waals surface area contributed by atoms with Crippen molar-refractivity contribution in [3.63, 3.8) is 0 Å². The third kappa shape index (κ3) is 4.70. The van der Waals surface area contributed by atoms with E-state index in [1.165, 1.54) is 17.0 Å². The Kier molecular flexibility index (Phi) is 5.03. The molecule has 1 amide bonds.